The van der Waals surface area contributed by atoms with Gasteiger partial charge in [0.15, 0.2) is 0 Å². The molecule has 0 rings (SSSR count). The molecule has 0 saturated carbocycles. The molecule has 0 atom stereocenters. The van der Waals surface area contributed by atoms with Crippen LogP contribution in [0.25, 0.3) is 0 Å². The molecule has 7 heteroatoms. The van der Waals surface area contributed by atoms with Gasteiger partial charge in [0.1, 0.15) is 0 Å². The minimum atomic E-state index is -5.63. The maximum atomic E-state index is 12.0. The zero-order chi connectivity index (χ0) is 10.5. The first-order valence-corrected chi connectivity index (χ1v) is 3.54. The van der Waals surface area contributed by atoms with Gasteiger partial charge in [-0.1, -0.05) is 0 Å². The van der Waals surface area contributed by atoms with E-state index in [1.807, 2.05) is 0 Å². The fourth-order valence-electron chi connectivity index (χ4n) is 0.531. The van der Waals surface area contributed by atoms with Crippen LogP contribution in [0.3, 0.4) is 0 Å². The normalized spacial score (nSPS) is 13.4. The van der Waals surface area contributed by atoms with E-state index in [9.17, 15) is 22.0 Å². The van der Waals surface area contributed by atoms with Gasteiger partial charge < -0.3 is 10.1 Å². The number of hydrogen-bond acceptors (Lipinski definition) is 2. The number of halogens is 5. The van der Waals surface area contributed by atoms with E-state index in [-0.39, 0.29) is 6.42 Å². The van der Waals surface area contributed by atoms with E-state index in [2.05, 4.69) is 10.1 Å². The number of alkyl halides is 5. The molecule has 13 heavy (non-hydrogen) atoms. The largest absolute Gasteiger partial charge is 0.482 e. The van der Waals surface area contributed by atoms with Crippen molar-refractivity contribution in [1.82, 2.24) is 5.32 Å². The highest BCUT2D eigenvalue weighted by Gasteiger charge is 2.59. The Morgan fingerprint density at radius 2 is 1.69 bits per heavy atom. The summed E-state index contributed by atoms with van der Waals surface area (Å²) < 4.78 is 61.7. The molecule has 2 nitrogen and oxygen atoms in total. The van der Waals surface area contributed by atoms with E-state index in [0.717, 1.165) is 0 Å². The van der Waals surface area contributed by atoms with E-state index in [0.29, 0.717) is 6.54 Å². The highest BCUT2D eigenvalue weighted by Crippen LogP contribution is 2.36. The van der Waals surface area contributed by atoms with Crippen LogP contribution in [0.4, 0.5) is 22.0 Å². The molecular weight excluding hydrogens is 197 g/mol. The fourth-order valence-corrected chi connectivity index (χ4v) is 0.531. The van der Waals surface area contributed by atoms with Gasteiger partial charge in [-0.2, -0.15) is 22.0 Å². The zero-order valence-electron chi connectivity index (χ0n) is 6.92. The Morgan fingerprint density at radius 3 is 2.08 bits per heavy atom. The van der Waals surface area contributed by atoms with E-state index in [1.54, 1.807) is 7.05 Å². The molecule has 0 aromatic heterocycles. The van der Waals surface area contributed by atoms with Crippen molar-refractivity contribution in [2.45, 2.75) is 18.7 Å². The fraction of sp³-hybridized carbons (Fsp3) is 1.00. The summed E-state index contributed by atoms with van der Waals surface area (Å²) in [5.41, 5.74) is 0. The van der Waals surface area contributed by atoms with Crippen molar-refractivity contribution >= 4 is 0 Å². The van der Waals surface area contributed by atoms with Crippen molar-refractivity contribution in [1.29, 1.82) is 0 Å². The van der Waals surface area contributed by atoms with E-state index in [4.69, 9.17) is 0 Å². The third-order valence-corrected chi connectivity index (χ3v) is 1.18. The summed E-state index contributed by atoms with van der Waals surface area (Å²) in [4.78, 5) is 0. The number of ether oxygens (including phenoxy) is 1. The molecule has 0 bridgehead atoms. The molecule has 0 unspecified atom stereocenters. The molecule has 0 radical (unpaired) electrons. The summed E-state index contributed by atoms with van der Waals surface area (Å²) in [6.07, 6.45) is -10.6. The SMILES string of the molecule is CNCCCOC(F)(F)C(F)(F)F. The summed E-state index contributed by atoms with van der Waals surface area (Å²) >= 11 is 0. The monoisotopic (exact) mass is 207 g/mol. The van der Waals surface area contributed by atoms with Crippen molar-refractivity contribution in [3.63, 3.8) is 0 Å². The van der Waals surface area contributed by atoms with Gasteiger partial charge in [0, 0.05) is 0 Å². The zero-order valence-corrected chi connectivity index (χ0v) is 6.92. The predicted octanol–water partition coefficient (Wildman–Crippen LogP) is 1.77. The summed E-state index contributed by atoms with van der Waals surface area (Å²) in [6.45, 7) is -0.304. The second kappa shape index (κ2) is 4.71. The van der Waals surface area contributed by atoms with Crippen LogP contribution in [0.15, 0.2) is 0 Å². The Hall–Kier alpha value is -0.430. The molecule has 0 aliphatic rings. The maximum absolute atomic E-state index is 12.0. The van der Waals surface area contributed by atoms with Crippen LogP contribution in [-0.2, 0) is 4.74 Å². The lowest BCUT2D eigenvalue weighted by molar-refractivity contribution is -0.391. The quantitative estimate of drug-likeness (QED) is 0.548. The average molecular weight is 207 g/mol. The Kier molecular flexibility index (Phi) is 4.55. The van der Waals surface area contributed by atoms with Crippen LogP contribution in [-0.4, -0.2) is 32.5 Å². The second-order valence-electron chi connectivity index (χ2n) is 2.32. The third kappa shape index (κ3) is 4.37. The van der Waals surface area contributed by atoms with E-state index < -0.39 is 18.9 Å². The first-order valence-electron chi connectivity index (χ1n) is 3.54. The molecule has 0 heterocycles. The van der Waals surface area contributed by atoms with Gasteiger partial charge in [-0.05, 0) is 20.0 Å². The Bertz CT molecular complexity index is 146. The van der Waals surface area contributed by atoms with Gasteiger partial charge in [0.2, 0.25) is 0 Å². The molecule has 0 aromatic rings. The Labute approximate surface area is 72.1 Å². The standard InChI is InChI=1S/C6H10F5NO/c1-12-3-2-4-13-6(10,11)5(7,8)9/h12H,2-4H2,1H3. The second-order valence-corrected chi connectivity index (χ2v) is 2.32. The number of nitrogens with one attached hydrogen (secondary N) is 1. The van der Waals surface area contributed by atoms with Crippen LogP contribution < -0.4 is 5.32 Å². The van der Waals surface area contributed by atoms with Crippen LogP contribution in [0.1, 0.15) is 6.42 Å². The Morgan fingerprint density at radius 1 is 1.15 bits per heavy atom. The summed E-state index contributed by atoms with van der Waals surface area (Å²) in [5, 5.41) is 2.59. The number of rotatable bonds is 5. The molecule has 0 spiro atoms. The molecule has 0 aliphatic carbocycles. The van der Waals surface area contributed by atoms with Gasteiger partial charge >= 0.3 is 12.3 Å². The topological polar surface area (TPSA) is 21.3 Å². The van der Waals surface area contributed by atoms with Crippen molar-refractivity contribution in [3.8, 4) is 0 Å². The average Bonchev–Trinajstić information content (AvgIpc) is 1.96. The Balaban J connectivity index is 3.77. The van der Waals surface area contributed by atoms with Gasteiger partial charge in [-0.3, -0.25) is 0 Å². The lowest BCUT2D eigenvalue weighted by atomic mass is 10.4. The van der Waals surface area contributed by atoms with Crippen molar-refractivity contribution < 1.29 is 26.7 Å². The minimum absolute atomic E-state index is 0.0994. The van der Waals surface area contributed by atoms with Crippen molar-refractivity contribution in [2.75, 3.05) is 20.2 Å². The van der Waals surface area contributed by atoms with Gasteiger partial charge in [-0.25, -0.2) is 0 Å². The van der Waals surface area contributed by atoms with E-state index in [1.165, 1.54) is 0 Å². The van der Waals surface area contributed by atoms with Crippen LogP contribution in [0.5, 0.6) is 0 Å². The molecule has 1 N–H and O–H groups in total. The minimum Gasteiger partial charge on any atom is -0.320 e. The summed E-state index contributed by atoms with van der Waals surface area (Å²) in [7, 11) is 1.56. The van der Waals surface area contributed by atoms with Gasteiger partial charge in [-0.15, -0.1) is 0 Å². The third-order valence-electron chi connectivity index (χ3n) is 1.18. The predicted molar refractivity (Wildman–Crippen MR) is 35.5 cm³/mol. The molecule has 0 fully saturated rings. The lowest BCUT2D eigenvalue weighted by Crippen LogP contribution is -2.39. The van der Waals surface area contributed by atoms with Crippen LogP contribution in [0.2, 0.25) is 0 Å². The highest BCUT2D eigenvalue weighted by molar-refractivity contribution is 4.63. The molecule has 80 valence electrons. The molecule has 0 amide bonds. The molecule has 0 aromatic carbocycles. The van der Waals surface area contributed by atoms with Crippen molar-refractivity contribution in [3.05, 3.63) is 0 Å². The maximum Gasteiger partial charge on any atom is 0.482 e. The first kappa shape index (κ1) is 12.6. The van der Waals surface area contributed by atoms with Crippen molar-refractivity contribution in [2.24, 2.45) is 0 Å². The lowest BCUT2D eigenvalue weighted by Gasteiger charge is -2.19. The number of hydrogen-bond donors (Lipinski definition) is 1. The summed E-state index contributed by atoms with van der Waals surface area (Å²) in [6, 6.07) is 0. The van der Waals surface area contributed by atoms with Gasteiger partial charge in [0.05, 0.1) is 6.61 Å². The smallest absolute Gasteiger partial charge is 0.320 e. The van der Waals surface area contributed by atoms with Crippen LogP contribution >= 0.6 is 0 Å². The van der Waals surface area contributed by atoms with Gasteiger partial charge in [0.25, 0.3) is 0 Å². The highest BCUT2D eigenvalue weighted by atomic mass is 19.4. The first-order chi connectivity index (χ1) is 5.81. The van der Waals surface area contributed by atoms with E-state index >= 15 is 0 Å². The summed E-state index contributed by atoms with van der Waals surface area (Å²) in [5.74, 6) is 0. The molecular formula is C6H10F5NO. The molecule has 0 saturated heterocycles. The van der Waals surface area contributed by atoms with Crippen LogP contribution in [0, 0.1) is 0 Å². The molecule has 0 aliphatic heterocycles.